The minimum atomic E-state index is -0.860. The smallest absolute Gasteiger partial charge is 0.199 e. The highest BCUT2D eigenvalue weighted by molar-refractivity contribution is 7.80. The highest BCUT2D eigenvalue weighted by Crippen LogP contribution is 2.25. The van der Waals surface area contributed by atoms with Gasteiger partial charge in [-0.25, -0.2) is 13.8 Å². The Morgan fingerprint density at radius 3 is 2.81 bits per heavy atom. The van der Waals surface area contributed by atoms with Gasteiger partial charge in [-0.1, -0.05) is 0 Å². The summed E-state index contributed by atoms with van der Waals surface area (Å²) in [6.07, 6.45) is 1.44. The lowest BCUT2D eigenvalue weighted by molar-refractivity contribution is 0.586. The van der Waals surface area contributed by atoms with Crippen LogP contribution in [0.4, 0.5) is 13.9 Å². The Labute approximate surface area is 161 Å². The van der Waals surface area contributed by atoms with Crippen molar-refractivity contribution in [3.05, 3.63) is 45.6 Å². The van der Waals surface area contributed by atoms with E-state index in [0.717, 1.165) is 23.5 Å². The average molecular weight is 408 g/mol. The Balaban J connectivity index is 2.24. The predicted octanol–water partition coefficient (Wildman–Crippen LogP) is 2.19. The van der Waals surface area contributed by atoms with Gasteiger partial charge in [0.2, 0.25) is 0 Å². The van der Waals surface area contributed by atoms with Crippen molar-refractivity contribution in [1.82, 2.24) is 15.0 Å². The molecule has 0 fully saturated rings. The number of nitrogen functional groups attached to an aromatic ring is 1. The zero-order valence-electron chi connectivity index (χ0n) is 14.0. The summed E-state index contributed by atoms with van der Waals surface area (Å²) in [5.74, 6) is -1.71. The van der Waals surface area contributed by atoms with E-state index in [4.69, 9.17) is 11.5 Å². The molecule has 0 atom stereocenters. The number of anilines is 1. The maximum Gasteiger partial charge on any atom is 0.199 e. The third kappa shape index (κ3) is 3.93. The Kier molecular flexibility index (Phi) is 5.15. The summed E-state index contributed by atoms with van der Waals surface area (Å²) in [7, 11) is 0. The molecule has 0 spiro atoms. The molecule has 7 nitrogen and oxygen atoms in total. The van der Waals surface area contributed by atoms with Crippen molar-refractivity contribution in [2.75, 3.05) is 5.73 Å². The van der Waals surface area contributed by atoms with Gasteiger partial charge in [0.1, 0.15) is 5.82 Å². The Hall–Kier alpha value is -2.92. The standard InChI is InChI=1S/C16H14F2N6OS2/c1-7(22-23-15(19)26)4-24-5-10(12-6-27-16(20)21-12)14(25)9-2-8(17)3-11(18)13(9)24/h2-3,5-6H,4H2,1H3,(H2,20,21)(H3,19,23,26)/b22-7+. The fourth-order valence-corrected chi connectivity index (χ4v) is 3.21. The highest BCUT2D eigenvalue weighted by atomic mass is 32.1. The van der Waals surface area contributed by atoms with Crippen molar-refractivity contribution in [3.63, 3.8) is 0 Å². The van der Waals surface area contributed by atoms with E-state index in [0.29, 0.717) is 11.4 Å². The maximum atomic E-state index is 14.5. The summed E-state index contributed by atoms with van der Waals surface area (Å²) in [6, 6.07) is 1.72. The predicted molar refractivity (Wildman–Crippen MR) is 107 cm³/mol. The molecule has 140 valence electrons. The molecule has 0 aliphatic rings. The maximum absolute atomic E-state index is 14.5. The lowest BCUT2D eigenvalue weighted by Gasteiger charge is -2.14. The van der Waals surface area contributed by atoms with Crippen LogP contribution in [-0.4, -0.2) is 20.4 Å². The molecule has 1 aromatic carbocycles. The van der Waals surface area contributed by atoms with E-state index in [1.54, 1.807) is 12.3 Å². The molecule has 0 aliphatic heterocycles. The van der Waals surface area contributed by atoms with Crippen LogP contribution in [0.15, 0.2) is 33.6 Å². The van der Waals surface area contributed by atoms with E-state index >= 15 is 0 Å². The number of aromatic nitrogens is 2. The van der Waals surface area contributed by atoms with E-state index in [2.05, 4.69) is 27.7 Å². The number of hydrazone groups is 1. The molecule has 0 radical (unpaired) electrons. The molecule has 0 unspecified atom stereocenters. The summed E-state index contributed by atoms with van der Waals surface area (Å²) in [5.41, 5.74) is 13.8. The number of nitrogens with two attached hydrogens (primary N) is 2. The van der Waals surface area contributed by atoms with Crippen LogP contribution in [0.1, 0.15) is 6.92 Å². The number of hydrogen-bond donors (Lipinski definition) is 3. The second-order valence-electron chi connectivity index (χ2n) is 5.68. The third-order valence-corrected chi connectivity index (χ3v) is 4.41. The minimum absolute atomic E-state index is 0.0222. The number of halogens is 2. The number of nitrogens with zero attached hydrogens (tertiary/aromatic N) is 3. The zero-order chi connectivity index (χ0) is 19.7. The fourth-order valence-electron chi connectivity index (χ4n) is 2.61. The van der Waals surface area contributed by atoms with Crippen LogP contribution >= 0.6 is 23.6 Å². The first-order valence-corrected chi connectivity index (χ1v) is 8.87. The quantitative estimate of drug-likeness (QED) is 0.347. The summed E-state index contributed by atoms with van der Waals surface area (Å²) in [6.45, 7) is 1.76. The Morgan fingerprint density at radius 1 is 1.44 bits per heavy atom. The van der Waals surface area contributed by atoms with Gasteiger partial charge >= 0.3 is 0 Å². The second kappa shape index (κ2) is 7.37. The van der Waals surface area contributed by atoms with Crippen LogP contribution in [-0.2, 0) is 6.54 Å². The number of benzene rings is 1. The molecule has 11 heteroatoms. The van der Waals surface area contributed by atoms with Gasteiger partial charge in [0.15, 0.2) is 21.5 Å². The molecule has 3 rings (SSSR count). The SMILES string of the molecule is C/C(Cn1cc(-c2csc(N)n2)c(=O)c2cc(F)cc(F)c21)=N\NC(N)=S. The summed E-state index contributed by atoms with van der Waals surface area (Å²) < 4.78 is 29.7. The van der Waals surface area contributed by atoms with E-state index in [1.807, 2.05) is 0 Å². The molecule has 0 amide bonds. The van der Waals surface area contributed by atoms with Crippen LogP contribution in [0.3, 0.4) is 0 Å². The zero-order valence-corrected chi connectivity index (χ0v) is 15.6. The molecule has 27 heavy (non-hydrogen) atoms. The number of thiocarbonyl (C=S) groups is 1. The van der Waals surface area contributed by atoms with Gasteiger partial charge in [-0.2, -0.15) is 5.10 Å². The molecule has 0 aliphatic carbocycles. The van der Waals surface area contributed by atoms with Gasteiger partial charge in [0, 0.05) is 17.6 Å². The molecule has 5 N–H and O–H groups in total. The summed E-state index contributed by atoms with van der Waals surface area (Å²) in [5, 5.41) is 5.73. The number of nitrogens with one attached hydrogen (secondary N) is 1. The van der Waals surface area contributed by atoms with Crippen LogP contribution in [0.2, 0.25) is 0 Å². The highest BCUT2D eigenvalue weighted by Gasteiger charge is 2.17. The van der Waals surface area contributed by atoms with E-state index in [-0.39, 0.29) is 33.3 Å². The van der Waals surface area contributed by atoms with Crippen molar-refractivity contribution in [3.8, 4) is 11.3 Å². The average Bonchev–Trinajstić information content (AvgIpc) is 3.01. The first kappa shape index (κ1) is 18.9. The first-order chi connectivity index (χ1) is 12.8. The first-order valence-electron chi connectivity index (χ1n) is 7.58. The van der Waals surface area contributed by atoms with Gasteiger partial charge in [-0.05, 0) is 25.2 Å². The fraction of sp³-hybridized carbons (Fsp3) is 0.125. The summed E-state index contributed by atoms with van der Waals surface area (Å²) >= 11 is 5.84. The molecule has 3 aromatic rings. The second-order valence-corrected chi connectivity index (χ2v) is 7.01. The van der Waals surface area contributed by atoms with Crippen LogP contribution < -0.4 is 22.3 Å². The number of pyridine rings is 1. The topological polar surface area (TPSA) is 111 Å². The molecule has 0 saturated carbocycles. The lowest BCUT2D eigenvalue weighted by atomic mass is 10.1. The van der Waals surface area contributed by atoms with E-state index in [9.17, 15) is 13.6 Å². The van der Waals surface area contributed by atoms with Crippen molar-refractivity contribution in [2.45, 2.75) is 13.5 Å². The lowest BCUT2D eigenvalue weighted by Crippen LogP contribution is -2.26. The molecular formula is C16H14F2N6OS2. The number of fused-ring (bicyclic) bond motifs is 1. The van der Waals surface area contributed by atoms with Crippen LogP contribution in [0, 0.1) is 11.6 Å². The van der Waals surface area contributed by atoms with Gasteiger partial charge in [-0.3, -0.25) is 10.2 Å². The minimum Gasteiger partial charge on any atom is -0.375 e. The molecule has 2 aromatic heterocycles. The van der Waals surface area contributed by atoms with Crippen LogP contribution in [0.5, 0.6) is 0 Å². The van der Waals surface area contributed by atoms with Crippen LogP contribution in [0.25, 0.3) is 22.2 Å². The van der Waals surface area contributed by atoms with E-state index in [1.165, 1.54) is 10.8 Å². The number of hydrogen-bond acceptors (Lipinski definition) is 6. The van der Waals surface area contributed by atoms with Crippen molar-refractivity contribution in [1.29, 1.82) is 0 Å². The Morgan fingerprint density at radius 2 is 2.19 bits per heavy atom. The van der Waals surface area contributed by atoms with Gasteiger partial charge in [0.05, 0.1) is 34.4 Å². The number of rotatable bonds is 4. The normalized spacial score (nSPS) is 11.7. The van der Waals surface area contributed by atoms with Crippen molar-refractivity contribution in [2.24, 2.45) is 10.8 Å². The molecule has 0 saturated heterocycles. The third-order valence-electron chi connectivity index (χ3n) is 3.64. The van der Waals surface area contributed by atoms with Crippen molar-refractivity contribution >= 4 is 50.4 Å². The largest absolute Gasteiger partial charge is 0.375 e. The summed E-state index contributed by atoms with van der Waals surface area (Å²) in [4.78, 5) is 16.9. The van der Waals surface area contributed by atoms with E-state index < -0.39 is 17.1 Å². The van der Waals surface area contributed by atoms with Gasteiger partial charge in [0.25, 0.3) is 0 Å². The number of thiazole rings is 1. The molecule has 0 bridgehead atoms. The monoisotopic (exact) mass is 408 g/mol. The Bertz CT molecular complexity index is 1140. The van der Waals surface area contributed by atoms with Crippen molar-refractivity contribution < 1.29 is 8.78 Å². The van der Waals surface area contributed by atoms with Gasteiger partial charge in [-0.15, -0.1) is 11.3 Å². The molecular weight excluding hydrogens is 394 g/mol. The molecule has 2 heterocycles. The van der Waals surface area contributed by atoms with Gasteiger partial charge < -0.3 is 16.0 Å².